The minimum atomic E-state index is -0.360. The van der Waals surface area contributed by atoms with Crippen molar-refractivity contribution in [1.29, 1.82) is 0 Å². The number of aliphatic hydroxyl groups excluding tert-OH is 1. The molecule has 0 fully saturated rings. The van der Waals surface area contributed by atoms with Crippen molar-refractivity contribution >= 4 is 17.6 Å². The van der Waals surface area contributed by atoms with Crippen molar-refractivity contribution in [3.8, 4) is 5.75 Å². The van der Waals surface area contributed by atoms with Crippen LogP contribution in [0.15, 0.2) is 24.3 Å². The fourth-order valence-corrected chi connectivity index (χ4v) is 1.12. The summed E-state index contributed by atoms with van der Waals surface area (Å²) in [6.45, 7) is -0.00928. The van der Waals surface area contributed by atoms with E-state index in [1.54, 1.807) is 24.3 Å². The summed E-state index contributed by atoms with van der Waals surface area (Å²) in [5.41, 5.74) is 0. The van der Waals surface area contributed by atoms with Crippen molar-refractivity contribution in [2.45, 2.75) is 12.8 Å². The lowest BCUT2D eigenvalue weighted by Crippen LogP contribution is -2.08. The van der Waals surface area contributed by atoms with E-state index >= 15 is 0 Å². The molecule has 1 aromatic rings. The largest absolute Gasteiger partial charge is 0.426 e. The molecule has 0 aliphatic carbocycles. The standard InChI is InChI=1S/C10H11ClO3/c11-8-3-1-4-9(7-8)14-10(13)5-2-6-12/h1,3-4,7,12H,2,5-6H2. The number of benzene rings is 1. The number of hydrogen-bond donors (Lipinski definition) is 1. The van der Waals surface area contributed by atoms with Crippen molar-refractivity contribution in [1.82, 2.24) is 0 Å². The topological polar surface area (TPSA) is 46.5 Å². The number of rotatable bonds is 4. The molecule has 0 amide bonds. The Morgan fingerprint density at radius 2 is 2.29 bits per heavy atom. The second kappa shape index (κ2) is 5.62. The molecule has 0 saturated heterocycles. The molecule has 0 unspecified atom stereocenters. The highest BCUT2D eigenvalue weighted by atomic mass is 35.5. The molecule has 0 aliphatic heterocycles. The zero-order valence-electron chi connectivity index (χ0n) is 7.57. The molecular weight excluding hydrogens is 204 g/mol. The third-order valence-corrected chi connectivity index (χ3v) is 1.80. The quantitative estimate of drug-likeness (QED) is 0.616. The first-order valence-corrected chi connectivity index (χ1v) is 4.67. The lowest BCUT2D eigenvalue weighted by Gasteiger charge is -2.03. The molecule has 0 aromatic heterocycles. The van der Waals surface area contributed by atoms with Gasteiger partial charge in [0.2, 0.25) is 0 Å². The molecule has 1 N–H and O–H groups in total. The Morgan fingerprint density at radius 3 is 2.93 bits per heavy atom. The van der Waals surface area contributed by atoms with Gasteiger partial charge in [0.1, 0.15) is 5.75 Å². The number of aliphatic hydroxyl groups is 1. The summed E-state index contributed by atoms with van der Waals surface area (Å²) in [6, 6.07) is 6.63. The van der Waals surface area contributed by atoms with Gasteiger partial charge in [0.25, 0.3) is 0 Å². The van der Waals surface area contributed by atoms with Crippen molar-refractivity contribution in [3.05, 3.63) is 29.3 Å². The SMILES string of the molecule is O=C(CCCO)Oc1cccc(Cl)c1. The summed E-state index contributed by atoms with van der Waals surface area (Å²) in [4.78, 5) is 11.1. The molecule has 1 rings (SSSR count). The van der Waals surface area contributed by atoms with Crippen LogP contribution in [-0.4, -0.2) is 17.7 Å². The smallest absolute Gasteiger partial charge is 0.311 e. The Balaban J connectivity index is 2.47. The second-order valence-corrected chi connectivity index (χ2v) is 3.20. The first-order chi connectivity index (χ1) is 6.72. The van der Waals surface area contributed by atoms with Crippen LogP contribution in [0.4, 0.5) is 0 Å². The summed E-state index contributed by atoms with van der Waals surface area (Å²) in [6.07, 6.45) is 0.627. The third kappa shape index (κ3) is 3.77. The molecule has 0 aliphatic rings. The maximum absolute atomic E-state index is 11.1. The third-order valence-electron chi connectivity index (χ3n) is 1.57. The van der Waals surface area contributed by atoms with E-state index in [4.69, 9.17) is 21.4 Å². The van der Waals surface area contributed by atoms with Gasteiger partial charge in [-0.25, -0.2) is 0 Å². The van der Waals surface area contributed by atoms with Gasteiger partial charge in [0, 0.05) is 18.1 Å². The Morgan fingerprint density at radius 1 is 1.50 bits per heavy atom. The summed E-state index contributed by atoms with van der Waals surface area (Å²) in [5, 5.41) is 9.02. The Bertz CT molecular complexity index is 312. The van der Waals surface area contributed by atoms with Gasteiger partial charge < -0.3 is 9.84 Å². The summed E-state index contributed by atoms with van der Waals surface area (Å²) in [7, 11) is 0. The summed E-state index contributed by atoms with van der Waals surface area (Å²) >= 11 is 5.70. The average Bonchev–Trinajstić information content (AvgIpc) is 2.15. The first-order valence-electron chi connectivity index (χ1n) is 4.29. The van der Waals surface area contributed by atoms with Crippen LogP contribution in [0.3, 0.4) is 0 Å². The highest BCUT2D eigenvalue weighted by molar-refractivity contribution is 6.30. The normalized spacial score (nSPS) is 9.86. The fraction of sp³-hybridized carbons (Fsp3) is 0.300. The Hall–Kier alpha value is -1.06. The molecule has 0 bridgehead atoms. The van der Waals surface area contributed by atoms with Gasteiger partial charge in [-0.05, 0) is 24.6 Å². The van der Waals surface area contributed by atoms with E-state index in [1.165, 1.54) is 0 Å². The van der Waals surface area contributed by atoms with E-state index < -0.39 is 0 Å². The summed E-state index contributed by atoms with van der Waals surface area (Å²) in [5.74, 6) is 0.0711. The van der Waals surface area contributed by atoms with Crippen LogP contribution >= 0.6 is 11.6 Å². The van der Waals surface area contributed by atoms with E-state index in [0.717, 1.165) is 0 Å². The van der Waals surface area contributed by atoms with Crippen molar-refractivity contribution < 1.29 is 14.6 Å². The molecule has 0 spiro atoms. The van der Waals surface area contributed by atoms with Crippen LogP contribution in [-0.2, 0) is 4.79 Å². The molecule has 76 valence electrons. The molecule has 0 atom stereocenters. The number of carbonyl (C=O) groups is 1. The lowest BCUT2D eigenvalue weighted by atomic mass is 10.3. The van der Waals surface area contributed by atoms with Gasteiger partial charge in [0.05, 0.1) is 0 Å². The predicted molar refractivity (Wildman–Crippen MR) is 53.4 cm³/mol. The molecule has 1 aromatic carbocycles. The monoisotopic (exact) mass is 214 g/mol. The van der Waals surface area contributed by atoms with E-state index in [-0.39, 0.29) is 19.0 Å². The van der Waals surface area contributed by atoms with E-state index in [0.29, 0.717) is 17.2 Å². The minimum Gasteiger partial charge on any atom is -0.426 e. The van der Waals surface area contributed by atoms with Gasteiger partial charge in [-0.2, -0.15) is 0 Å². The van der Waals surface area contributed by atoms with E-state index in [2.05, 4.69) is 0 Å². The van der Waals surface area contributed by atoms with E-state index in [9.17, 15) is 4.79 Å². The van der Waals surface area contributed by atoms with Crippen molar-refractivity contribution in [2.24, 2.45) is 0 Å². The maximum Gasteiger partial charge on any atom is 0.311 e. The highest BCUT2D eigenvalue weighted by Crippen LogP contribution is 2.17. The van der Waals surface area contributed by atoms with Crippen LogP contribution in [0.5, 0.6) is 5.75 Å². The lowest BCUT2D eigenvalue weighted by molar-refractivity contribution is -0.134. The molecule has 14 heavy (non-hydrogen) atoms. The Kier molecular flexibility index (Phi) is 4.43. The van der Waals surface area contributed by atoms with Crippen LogP contribution in [0.25, 0.3) is 0 Å². The van der Waals surface area contributed by atoms with Gasteiger partial charge in [-0.15, -0.1) is 0 Å². The molecule has 0 saturated carbocycles. The molecule has 4 heteroatoms. The molecule has 0 heterocycles. The fourth-order valence-electron chi connectivity index (χ4n) is 0.936. The Labute approximate surface area is 87.3 Å². The van der Waals surface area contributed by atoms with E-state index in [1.807, 2.05) is 0 Å². The zero-order valence-corrected chi connectivity index (χ0v) is 8.33. The number of ether oxygens (including phenoxy) is 1. The zero-order chi connectivity index (χ0) is 10.4. The van der Waals surface area contributed by atoms with Crippen LogP contribution in [0, 0.1) is 0 Å². The maximum atomic E-state index is 11.1. The molecule has 0 radical (unpaired) electrons. The number of hydrogen-bond acceptors (Lipinski definition) is 3. The van der Waals surface area contributed by atoms with Crippen LogP contribution in [0.1, 0.15) is 12.8 Å². The van der Waals surface area contributed by atoms with Gasteiger partial charge in [-0.1, -0.05) is 17.7 Å². The van der Waals surface area contributed by atoms with Crippen LogP contribution < -0.4 is 4.74 Å². The number of halogens is 1. The predicted octanol–water partition coefficient (Wildman–Crippen LogP) is 2.02. The summed E-state index contributed by atoms with van der Waals surface area (Å²) < 4.78 is 4.96. The molecular formula is C10H11ClO3. The molecule has 3 nitrogen and oxygen atoms in total. The average molecular weight is 215 g/mol. The van der Waals surface area contributed by atoms with Gasteiger partial charge in [0.15, 0.2) is 0 Å². The van der Waals surface area contributed by atoms with Gasteiger partial charge >= 0.3 is 5.97 Å². The number of esters is 1. The highest BCUT2D eigenvalue weighted by Gasteiger charge is 2.03. The van der Waals surface area contributed by atoms with Gasteiger partial charge in [-0.3, -0.25) is 4.79 Å². The second-order valence-electron chi connectivity index (χ2n) is 2.76. The first kappa shape index (κ1) is 11.0. The number of carbonyl (C=O) groups excluding carboxylic acids is 1. The minimum absolute atomic E-state index is 0.00928. The van der Waals surface area contributed by atoms with Crippen molar-refractivity contribution in [3.63, 3.8) is 0 Å². The van der Waals surface area contributed by atoms with Crippen molar-refractivity contribution in [2.75, 3.05) is 6.61 Å². The van der Waals surface area contributed by atoms with Crippen LogP contribution in [0.2, 0.25) is 5.02 Å².